The van der Waals surface area contributed by atoms with Gasteiger partial charge in [0.15, 0.2) is 0 Å². The molecular formula is C15H14N2O3. The maximum atomic E-state index is 12.5. The van der Waals surface area contributed by atoms with Crippen molar-refractivity contribution in [3.8, 4) is 0 Å². The van der Waals surface area contributed by atoms with Crippen molar-refractivity contribution in [3.63, 3.8) is 0 Å². The van der Waals surface area contributed by atoms with Gasteiger partial charge >= 0.3 is 5.97 Å². The van der Waals surface area contributed by atoms with Crippen molar-refractivity contribution < 1.29 is 14.7 Å². The van der Waals surface area contributed by atoms with E-state index in [1.54, 1.807) is 37.3 Å². The molecule has 1 aromatic carbocycles. The Balaban J connectivity index is 2.43. The molecule has 0 aliphatic carbocycles. The Labute approximate surface area is 116 Å². The summed E-state index contributed by atoms with van der Waals surface area (Å²) in [5.74, 6) is -1.30. The van der Waals surface area contributed by atoms with Crippen molar-refractivity contribution >= 4 is 17.6 Å². The van der Waals surface area contributed by atoms with Gasteiger partial charge in [0.05, 0.1) is 11.3 Å². The number of carboxylic acids is 1. The number of para-hydroxylation sites is 1. The van der Waals surface area contributed by atoms with Crippen molar-refractivity contribution in [3.05, 3.63) is 59.9 Å². The zero-order chi connectivity index (χ0) is 14.5. The summed E-state index contributed by atoms with van der Waals surface area (Å²) in [7, 11) is 0. The molecule has 5 nitrogen and oxygen atoms in total. The molecule has 102 valence electrons. The summed E-state index contributed by atoms with van der Waals surface area (Å²) in [6, 6.07) is 9.68. The molecule has 0 aliphatic rings. The second-order valence-electron chi connectivity index (χ2n) is 4.11. The quantitative estimate of drug-likeness (QED) is 0.926. The van der Waals surface area contributed by atoms with Crippen molar-refractivity contribution in [2.45, 2.75) is 6.92 Å². The first kappa shape index (κ1) is 13.7. The minimum atomic E-state index is -1.05. The molecule has 0 fully saturated rings. The Morgan fingerprint density at radius 3 is 2.40 bits per heavy atom. The molecule has 0 saturated heterocycles. The number of rotatable bonds is 4. The molecule has 0 unspecified atom stereocenters. The van der Waals surface area contributed by atoms with Gasteiger partial charge in [-0.1, -0.05) is 12.1 Å². The number of aromatic carboxylic acids is 1. The third kappa shape index (κ3) is 2.66. The number of carbonyl (C=O) groups is 2. The van der Waals surface area contributed by atoms with Crippen molar-refractivity contribution in [1.82, 2.24) is 4.98 Å². The largest absolute Gasteiger partial charge is 0.478 e. The number of carbonyl (C=O) groups excluding carboxylic acids is 1. The molecule has 20 heavy (non-hydrogen) atoms. The molecule has 1 amide bonds. The van der Waals surface area contributed by atoms with E-state index in [1.807, 2.05) is 0 Å². The molecule has 0 aliphatic heterocycles. The number of aromatic nitrogens is 1. The molecular weight excluding hydrogens is 256 g/mol. The first-order valence-corrected chi connectivity index (χ1v) is 6.19. The van der Waals surface area contributed by atoms with Crippen LogP contribution < -0.4 is 4.90 Å². The van der Waals surface area contributed by atoms with E-state index >= 15 is 0 Å². The van der Waals surface area contributed by atoms with Crippen LogP contribution in [0.3, 0.4) is 0 Å². The Morgan fingerprint density at radius 2 is 1.80 bits per heavy atom. The number of hydrogen-bond acceptors (Lipinski definition) is 3. The fraction of sp³-hybridized carbons (Fsp3) is 0.133. The second kappa shape index (κ2) is 5.97. The normalized spacial score (nSPS) is 10.1. The summed E-state index contributed by atoms with van der Waals surface area (Å²) in [5.41, 5.74) is 0.975. The number of pyridine rings is 1. The molecule has 5 heteroatoms. The average Bonchev–Trinajstić information content (AvgIpc) is 2.49. The third-order valence-electron chi connectivity index (χ3n) is 2.91. The highest BCUT2D eigenvalue weighted by Gasteiger charge is 2.20. The van der Waals surface area contributed by atoms with Crippen molar-refractivity contribution in [2.75, 3.05) is 11.4 Å². The van der Waals surface area contributed by atoms with E-state index in [0.29, 0.717) is 17.8 Å². The molecule has 1 aromatic heterocycles. The third-order valence-corrected chi connectivity index (χ3v) is 2.91. The molecule has 0 saturated carbocycles. The topological polar surface area (TPSA) is 70.5 Å². The van der Waals surface area contributed by atoms with Gasteiger partial charge in [0.1, 0.15) is 0 Å². The summed E-state index contributed by atoms with van der Waals surface area (Å²) in [6.07, 6.45) is 3.06. The van der Waals surface area contributed by atoms with E-state index in [9.17, 15) is 14.7 Å². The van der Waals surface area contributed by atoms with Gasteiger partial charge in [-0.15, -0.1) is 0 Å². The monoisotopic (exact) mass is 270 g/mol. The Hall–Kier alpha value is -2.69. The lowest BCUT2D eigenvalue weighted by Crippen LogP contribution is -2.32. The minimum absolute atomic E-state index is 0.108. The van der Waals surface area contributed by atoms with Crippen LogP contribution in [0, 0.1) is 0 Å². The van der Waals surface area contributed by atoms with E-state index in [0.717, 1.165) is 0 Å². The lowest BCUT2D eigenvalue weighted by atomic mass is 10.1. The SMILES string of the molecule is CCN(C(=O)c1ccncc1)c1ccccc1C(=O)O. The van der Waals surface area contributed by atoms with Crippen LogP contribution in [-0.4, -0.2) is 28.5 Å². The van der Waals surface area contributed by atoms with Gasteiger partial charge in [-0.05, 0) is 31.2 Å². The van der Waals surface area contributed by atoms with Crippen molar-refractivity contribution in [2.24, 2.45) is 0 Å². The van der Waals surface area contributed by atoms with Crippen LogP contribution in [0.2, 0.25) is 0 Å². The molecule has 2 rings (SSSR count). The smallest absolute Gasteiger partial charge is 0.337 e. The minimum Gasteiger partial charge on any atom is -0.478 e. The molecule has 0 radical (unpaired) electrons. The molecule has 0 spiro atoms. The van der Waals surface area contributed by atoms with Crippen LogP contribution >= 0.6 is 0 Å². The van der Waals surface area contributed by atoms with Gasteiger partial charge in [-0.25, -0.2) is 4.79 Å². The van der Waals surface area contributed by atoms with Gasteiger partial charge in [-0.3, -0.25) is 9.78 Å². The average molecular weight is 270 g/mol. The number of hydrogen-bond donors (Lipinski definition) is 1. The molecule has 0 atom stereocenters. The maximum Gasteiger partial charge on any atom is 0.337 e. The lowest BCUT2D eigenvalue weighted by Gasteiger charge is -2.22. The Kier molecular flexibility index (Phi) is 4.10. The first-order chi connectivity index (χ1) is 9.65. The Bertz CT molecular complexity index is 626. The van der Waals surface area contributed by atoms with E-state index < -0.39 is 5.97 Å². The van der Waals surface area contributed by atoms with Gasteiger partial charge in [0.25, 0.3) is 5.91 Å². The predicted molar refractivity (Wildman–Crippen MR) is 75.0 cm³/mol. The summed E-state index contributed by atoms with van der Waals surface area (Å²) < 4.78 is 0. The summed E-state index contributed by atoms with van der Waals surface area (Å²) in [4.78, 5) is 29.0. The molecule has 1 heterocycles. The molecule has 0 bridgehead atoms. The van der Waals surface area contributed by atoms with E-state index in [-0.39, 0.29) is 11.5 Å². The van der Waals surface area contributed by atoms with Crippen LogP contribution in [0.25, 0.3) is 0 Å². The summed E-state index contributed by atoms with van der Waals surface area (Å²) in [6.45, 7) is 2.18. The summed E-state index contributed by atoms with van der Waals surface area (Å²) in [5, 5.41) is 9.21. The predicted octanol–water partition coefficient (Wildman–Crippen LogP) is 2.45. The molecule has 2 aromatic rings. The maximum absolute atomic E-state index is 12.5. The molecule has 1 N–H and O–H groups in total. The van der Waals surface area contributed by atoms with E-state index in [1.165, 1.54) is 23.4 Å². The highest BCUT2D eigenvalue weighted by atomic mass is 16.4. The number of nitrogens with zero attached hydrogens (tertiary/aromatic N) is 2. The number of anilines is 1. The zero-order valence-electron chi connectivity index (χ0n) is 11.0. The first-order valence-electron chi connectivity index (χ1n) is 6.19. The second-order valence-corrected chi connectivity index (χ2v) is 4.11. The lowest BCUT2D eigenvalue weighted by molar-refractivity contribution is 0.0697. The Morgan fingerprint density at radius 1 is 1.15 bits per heavy atom. The fourth-order valence-corrected chi connectivity index (χ4v) is 1.96. The standard InChI is InChI=1S/C15H14N2O3/c1-2-17(14(18)11-7-9-16-10-8-11)13-6-4-3-5-12(13)15(19)20/h3-10H,2H2,1H3,(H,19,20). The van der Waals surface area contributed by atoms with Gasteiger partial charge in [0, 0.05) is 24.5 Å². The number of benzene rings is 1. The fourth-order valence-electron chi connectivity index (χ4n) is 1.96. The van der Waals surface area contributed by atoms with Crippen LogP contribution in [-0.2, 0) is 0 Å². The van der Waals surface area contributed by atoms with Crippen LogP contribution in [0.15, 0.2) is 48.8 Å². The highest BCUT2D eigenvalue weighted by Crippen LogP contribution is 2.22. The van der Waals surface area contributed by atoms with Crippen molar-refractivity contribution in [1.29, 1.82) is 0 Å². The zero-order valence-corrected chi connectivity index (χ0v) is 11.0. The highest BCUT2D eigenvalue weighted by molar-refractivity contribution is 6.09. The van der Waals surface area contributed by atoms with Gasteiger partial charge < -0.3 is 10.0 Å². The van der Waals surface area contributed by atoms with E-state index in [4.69, 9.17) is 0 Å². The summed E-state index contributed by atoms with van der Waals surface area (Å²) >= 11 is 0. The van der Waals surface area contributed by atoms with Crippen LogP contribution in [0.1, 0.15) is 27.6 Å². The number of amides is 1. The van der Waals surface area contributed by atoms with Gasteiger partial charge in [0.2, 0.25) is 0 Å². The van der Waals surface area contributed by atoms with E-state index in [2.05, 4.69) is 4.98 Å². The van der Waals surface area contributed by atoms with Crippen LogP contribution in [0.4, 0.5) is 5.69 Å². The number of carboxylic acid groups (broad SMARTS) is 1. The van der Waals surface area contributed by atoms with Gasteiger partial charge in [-0.2, -0.15) is 0 Å². The van der Waals surface area contributed by atoms with Crippen LogP contribution in [0.5, 0.6) is 0 Å².